The van der Waals surface area contributed by atoms with Gasteiger partial charge in [0.25, 0.3) is 0 Å². The van der Waals surface area contributed by atoms with Gasteiger partial charge in [0.05, 0.1) is 23.2 Å². The summed E-state index contributed by atoms with van der Waals surface area (Å²) in [6.45, 7) is 0.181. The lowest BCUT2D eigenvalue weighted by Gasteiger charge is -2.25. The number of carbonyl (C=O) groups is 1. The molecular formula is C14H13F3N2O2. The Balaban J connectivity index is 2.32. The highest BCUT2D eigenvalue weighted by Gasteiger charge is 2.34. The van der Waals surface area contributed by atoms with Crippen LogP contribution in [0, 0.1) is 11.3 Å². The minimum absolute atomic E-state index is 0.0814. The number of aliphatic carboxylic acids is 1. The van der Waals surface area contributed by atoms with Crippen LogP contribution < -0.4 is 4.90 Å². The van der Waals surface area contributed by atoms with Gasteiger partial charge in [0, 0.05) is 12.6 Å². The van der Waals surface area contributed by atoms with Crippen LogP contribution >= 0.6 is 0 Å². The van der Waals surface area contributed by atoms with Crippen molar-refractivity contribution in [2.24, 2.45) is 0 Å². The molecule has 1 N–H and O–H groups in total. The Morgan fingerprint density at radius 3 is 2.57 bits per heavy atom. The van der Waals surface area contributed by atoms with Crippen molar-refractivity contribution in [2.75, 3.05) is 11.4 Å². The van der Waals surface area contributed by atoms with Gasteiger partial charge in [-0.2, -0.15) is 18.4 Å². The fourth-order valence-electron chi connectivity index (χ4n) is 2.15. The minimum Gasteiger partial charge on any atom is -0.481 e. The second-order valence-corrected chi connectivity index (χ2v) is 4.91. The molecule has 1 aliphatic rings. The standard InChI is InChI=1S/C14H13F3N2O2/c15-14(16,17)10-1-4-12(9(7-10)8-18)19(11-2-3-11)6-5-13(20)21/h1,4,7,11H,2-3,5-6H2,(H,20,21). The predicted octanol–water partition coefficient (Wildman–Crippen LogP) is 3.02. The fraction of sp³-hybridized carbons (Fsp3) is 0.429. The molecule has 0 radical (unpaired) electrons. The van der Waals surface area contributed by atoms with E-state index in [2.05, 4.69) is 0 Å². The molecule has 0 aromatic heterocycles. The number of hydrogen-bond acceptors (Lipinski definition) is 3. The summed E-state index contributed by atoms with van der Waals surface area (Å²) in [4.78, 5) is 12.4. The highest BCUT2D eigenvalue weighted by atomic mass is 19.4. The highest BCUT2D eigenvalue weighted by molar-refractivity contribution is 5.69. The molecular weight excluding hydrogens is 285 g/mol. The summed E-state index contributed by atoms with van der Waals surface area (Å²) >= 11 is 0. The van der Waals surface area contributed by atoms with Crippen LogP contribution in [0.5, 0.6) is 0 Å². The van der Waals surface area contributed by atoms with Gasteiger partial charge in [0.2, 0.25) is 0 Å². The number of alkyl halides is 3. The topological polar surface area (TPSA) is 64.3 Å². The SMILES string of the molecule is N#Cc1cc(C(F)(F)F)ccc1N(CCC(=O)O)C1CC1. The Labute approximate surface area is 119 Å². The van der Waals surface area contributed by atoms with Gasteiger partial charge in [-0.15, -0.1) is 0 Å². The van der Waals surface area contributed by atoms with Crippen molar-refractivity contribution < 1.29 is 23.1 Å². The Kier molecular flexibility index (Phi) is 4.07. The molecule has 1 fully saturated rings. The summed E-state index contributed by atoms with van der Waals surface area (Å²) in [5.74, 6) is -0.980. The zero-order chi connectivity index (χ0) is 15.6. The van der Waals surface area contributed by atoms with Crippen LogP contribution in [0.2, 0.25) is 0 Å². The van der Waals surface area contributed by atoms with E-state index in [1.165, 1.54) is 6.07 Å². The Bertz CT molecular complexity index is 589. The molecule has 0 unspecified atom stereocenters. The van der Waals surface area contributed by atoms with Crippen LogP contribution in [-0.2, 0) is 11.0 Å². The van der Waals surface area contributed by atoms with Gasteiger partial charge in [-0.05, 0) is 31.0 Å². The van der Waals surface area contributed by atoms with E-state index in [1.54, 1.807) is 11.0 Å². The van der Waals surface area contributed by atoms with E-state index in [0.29, 0.717) is 5.69 Å². The van der Waals surface area contributed by atoms with E-state index < -0.39 is 17.7 Å². The molecule has 1 aliphatic carbocycles. The first-order chi connectivity index (χ1) is 9.82. The first kappa shape index (κ1) is 15.2. The van der Waals surface area contributed by atoms with Crippen molar-refractivity contribution in [3.63, 3.8) is 0 Å². The Morgan fingerprint density at radius 1 is 1.43 bits per heavy atom. The molecule has 112 valence electrons. The molecule has 2 rings (SSSR count). The van der Waals surface area contributed by atoms with Gasteiger partial charge in [-0.3, -0.25) is 4.79 Å². The van der Waals surface area contributed by atoms with Gasteiger partial charge in [0.1, 0.15) is 6.07 Å². The molecule has 1 aromatic carbocycles. The quantitative estimate of drug-likeness (QED) is 0.907. The lowest BCUT2D eigenvalue weighted by molar-refractivity contribution is -0.138. The second kappa shape index (κ2) is 5.64. The maximum absolute atomic E-state index is 12.7. The number of carboxylic acids is 1. The molecule has 4 nitrogen and oxygen atoms in total. The van der Waals surface area contributed by atoms with Gasteiger partial charge in [0.15, 0.2) is 0 Å². The Hall–Kier alpha value is -2.23. The largest absolute Gasteiger partial charge is 0.481 e. The molecule has 21 heavy (non-hydrogen) atoms. The third kappa shape index (κ3) is 3.66. The zero-order valence-electron chi connectivity index (χ0n) is 11.0. The fourth-order valence-corrected chi connectivity index (χ4v) is 2.15. The van der Waals surface area contributed by atoms with E-state index in [9.17, 15) is 18.0 Å². The average molecular weight is 298 g/mol. The zero-order valence-corrected chi connectivity index (χ0v) is 11.0. The summed E-state index contributed by atoms with van der Waals surface area (Å²) in [7, 11) is 0. The van der Waals surface area contributed by atoms with Gasteiger partial charge in [-0.1, -0.05) is 0 Å². The van der Waals surface area contributed by atoms with Crippen molar-refractivity contribution in [1.29, 1.82) is 5.26 Å². The lowest BCUT2D eigenvalue weighted by Crippen LogP contribution is -2.29. The first-order valence-corrected chi connectivity index (χ1v) is 6.42. The van der Waals surface area contributed by atoms with Crippen LogP contribution in [0.1, 0.15) is 30.4 Å². The van der Waals surface area contributed by atoms with Crippen molar-refractivity contribution in [3.8, 4) is 6.07 Å². The molecule has 0 aliphatic heterocycles. The monoisotopic (exact) mass is 298 g/mol. The molecule has 0 heterocycles. The second-order valence-electron chi connectivity index (χ2n) is 4.91. The molecule has 0 amide bonds. The number of anilines is 1. The molecule has 1 saturated carbocycles. The summed E-state index contributed by atoms with van der Waals surface area (Å²) in [6, 6.07) is 4.86. The smallest absolute Gasteiger partial charge is 0.416 e. The van der Waals surface area contributed by atoms with Gasteiger partial charge in [-0.25, -0.2) is 0 Å². The number of benzene rings is 1. The van der Waals surface area contributed by atoms with Crippen LogP contribution in [0.3, 0.4) is 0 Å². The van der Waals surface area contributed by atoms with E-state index in [1.807, 2.05) is 0 Å². The minimum atomic E-state index is -4.50. The van der Waals surface area contributed by atoms with Crippen molar-refractivity contribution >= 4 is 11.7 Å². The number of nitrogens with zero attached hydrogens (tertiary/aromatic N) is 2. The Morgan fingerprint density at radius 2 is 2.10 bits per heavy atom. The van der Waals surface area contributed by atoms with Crippen molar-refractivity contribution in [2.45, 2.75) is 31.5 Å². The molecule has 0 saturated heterocycles. The van der Waals surface area contributed by atoms with Crippen molar-refractivity contribution in [3.05, 3.63) is 29.3 Å². The summed E-state index contributed by atoms with van der Waals surface area (Å²) in [5, 5.41) is 17.8. The summed E-state index contributed by atoms with van der Waals surface area (Å²) in [5.41, 5.74) is -0.590. The number of hydrogen-bond donors (Lipinski definition) is 1. The van der Waals surface area contributed by atoms with Crippen LogP contribution in [0.25, 0.3) is 0 Å². The summed E-state index contributed by atoms with van der Waals surface area (Å²) < 4.78 is 38.0. The third-order valence-electron chi connectivity index (χ3n) is 3.31. The molecule has 0 spiro atoms. The van der Waals surface area contributed by atoms with Crippen molar-refractivity contribution in [1.82, 2.24) is 0 Å². The van der Waals surface area contributed by atoms with Crippen LogP contribution in [0.15, 0.2) is 18.2 Å². The molecule has 1 aromatic rings. The normalized spacial score (nSPS) is 14.6. The van der Waals surface area contributed by atoms with Crippen LogP contribution in [-0.4, -0.2) is 23.7 Å². The first-order valence-electron chi connectivity index (χ1n) is 6.42. The maximum atomic E-state index is 12.7. The van der Waals surface area contributed by atoms with E-state index in [0.717, 1.165) is 25.0 Å². The number of nitriles is 1. The highest BCUT2D eigenvalue weighted by Crippen LogP contribution is 2.37. The lowest BCUT2D eigenvalue weighted by atomic mass is 10.1. The molecule has 7 heteroatoms. The maximum Gasteiger partial charge on any atom is 0.416 e. The molecule has 0 bridgehead atoms. The van der Waals surface area contributed by atoms with E-state index in [4.69, 9.17) is 10.4 Å². The third-order valence-corrected chi connectivity index (χ3v) is 3.31. The number of halogens is 3. The van der Waals surface area contributed by atoms with E-state index in [-0.39, 0.29) is 24.6 Å². The summed E-state index contributed by atoms with van der Waals surface area (Å²) in [6.07, 6.45) is -2.92. The van der Waals surface area contributed by atoms with Crippen LogP contribution in [0.4, 0.5) is 18.9 Å². The molecule has 0 atom stereocenters. The van der Waals surface area contributed by atoms with E-state index >= 15 is 0 Å². The van der Waals surface area contributed by atoms with Gasteiger partial charge >= 0.3 is 12.1 Å². The van der Waals surface area contributed by atoms with Gasteiger partial charge < -0.3 is 10.0 Å². The average Bonchev–Trinajstić information content (AvgIpc) is 3.22. The number of carboxylic acid groups (broad SMARTS) is 1. The predicted molar refractivity (Wildman–Crippen MR) is 68.8 cm³/mol. The number of rotatable bonds is 5.